The van der Waals surface area contributed by atoms with Crippen molar-refractivity contribution in [1.82, 2.24) is 4.98 Å². The number of methoxy groups -OCH3 is 1. The first-order valence-electron chi connectivity index (χ1n) is 16.5. The zero-order valence-corrected chi connectivity index (χ0v) is 28.1. The van der Waals surface area contributed by atoms with Gasteiger partial charge in [-0.05, 0) is 81.1 Å². The largest absolute Gasteiger partial charge is 0.418 e. The number of furan rings is 1. The average Bonchev–Trinajstić information content (AvgIpc) is 3.38. The molecule has 45 heavy (non-hydrogen) atoms. The van der Waals surface area contributed by atoms with Gasteiger partial charge in [0.1, 0.15) is 11.0 Å². The lowest BCUT2D eigenvalue weighted by Crippen LogP contribution is -2.72. The van der Waals surface area contributed by atoms with Crippen LogP contribution in [0, 0.1) is 12.8 Å². The second kappa shape index (κ2) is 10.1. The fraction of sp³-hybridized carbons (Fsp3) is 0.400. The fourth-order valence-electron chi connectivity index (χ4n) is 8.33. The molecule has 0 radical (unpaired) electrons. The van der Waals surface area contributed by atoms with Crippen molar-refractivity contribution < 1.29 is 18.8 Å². The van der Waals surface area contributed by atoms with Gasteiger partial charge in [0.05, 0.1) is 0 Å². The molecule has 0 spiro atoms. The number of aliphatic hydroxyl groups is 1. The molecule has 0 bridgehead atoms. The third-order valence-corrected chi connectivity index (χ3v) is 10.4. The molecule has 5 heteroatoms. The quantitative estimate of drug-likeness (QED) is 0.158. The van der Waals surface area contributed by atoms with Crippen molar-refractivity contribution in [2.75, 3.05) is 7.11 Å². The summed E-state index contributed by atoms with van der Waals surface area (Å²) in [6, 6.07) is 21.9. The maximum atomic E-state index is 13.0. The number of rotatable bonds is 5. The highest BCUT2D eigenvalue weighted by atomic mass is 16.6. The first kappa shape index (κ1) is 29.9. The number of hydrogen-bond donors (Lipinski definition) is 1. The molecule has 0 aliphatic carbocycles. The predicted molar refractivity (Wildman–Crippen MR) is 184 cm³/mol. The molecular formula is C40H45N2O3+. The van der Waals surface area contributed by atoms with Gasteiger partial charge >= 0.3 is 11.5 Å². The van der Waals surface area contributed by atoms with Crippen LogP contribution in [0.5, 0.6) is 0 Å². The van der Waals surface area contributed by atoms with Gasteiger partial charge in [0.15, 0.2) is 11.2 Å². The van der Waals surface area contributed by atoms with E-state index in [0.29, 0.717) is 24.5 Å². The lowest BCUT2D eigenvalue weighted by molar-refractivity contribution is -0.795. The normalized spacial score (nSPS) is 17.9. The van der Waals surface area contributed by atoms with Crippen LogP contribution in [0.1, 0.15) is 83.8 Å². The van der Waals surface area contributed by atoms with Crippen molar-refractivity contribution in [3.05, 3.63) is 83.2 Å². The van der Waals surface area contributed by atoms with Crippen LogP contribution in [-0.4, -0.2) is 17.2 Å². The average molecular weight is 602 g/mol. The summed E-state index contributed by atoms with van der Waals surface area (Å²) in [5.41, 5.74) is 5.87. The number of aromatic nitrogens is 2. The Kier molecular flexibility index (Phi) is 6.71. The Bertz CT molecular complexity index is 2150. The van der Waals surface area contributed by atoms with E-state index in [4.69, 9.17) is 14.1 Å². The van der Waals surface area contributed by atoms with Crippen LogP contribution in [0.25, 0.3) is 54.9 Å². The first-order valence-corrected chi connectivity index (χ1v) is 16.5. The smallest absolute Gasteiger partial charge is 0.346 e. The lowest BCUT2D eigenvalue weighted by Gasteiger charge is -2.48. The number of ether oxygens (including phenoxy) is 1. The Balaban J connectivity index is 1.73. The van der Waals surface area contributed by atoms with Crippen molar-refractivity contribution in [3.63, 3.8) is 0 Å². The summed E-state index contributed by atoms with van der Waals surface area (Å²) in [7, 11) is 1.64. The van der Waals surface area contributed by atoms with Crippen LogP contribution < -0.4 is 4.57 Å². The molecule has 2 aromatic heterocycles. The highest BCUT2D eigenvalue weighted by molar-refractivity contribution is 6.18. The summed E-state index contributed by atoms with van der Waals surface area (Å²) in [5, 5.41) is 19.4. The molecule has 1 N–H and O–H groups in total. The van der Waals surface area contributed by atoms with Crippen molar-refractivity contribution in [1.29, 1.82) is 0 Å². The Morgan fingerprint density at radius 2 is 1.62 bits per heavy atom. The van der Waals surface area contributed by atoms with E-state index in [1.165, 1.54) is 11.1 Å². The van der Waals surface area contributed by atoms with Crippen molar-refractivity contribution in [2.24, 2.45) is 5.92 Å². The molecular weight excluding hydrogens is 556 g/mol. The molecule has 4 aromatic carbocycles. The maximum absolute atomic E-state index is 13.0. The second-order valence-corrected chi connectivity index (χ2v) is 14.5. The fourth-order valence-corrected chi connectivity index (χ4v) is 8.33. The molecule has 1 aliphatic rings. The van der Waals surface area contributed by atoms with Crippen molar-refractivity contribution in [3.8, 4) is 11.3 Å². The van der Waals surface area contributed by atoms with Gasteiger partial charge < -0.3 is 14.3 Å². The third-order valence-electron chi connectivity index (χ3n) is 10.4. The zero-order chi connectivity index (χ0) is 32.1. The zero-order valence-electron chi connectivity index (χ0n) is 28.1. The molecule has 0 saturated carbocycles. The van der Waals surface area contributed by atoms with E-state index in [-0.39, 0.29) is 5.41 Å². The van der Waals surface area contributed by atoms with Crippen LogP contribution in [-0.2, 0) is 27.9 Å². The molecule has 1 atom stereocenters. The third kappa shape index (κ3) is 3.99. The van der Waals surface area contributed by atoms with E-state index in [9.17, 15) is 5.11 Å². The SMILES string of the molecule is CCC1(CC)[n+]2c(C)nc3oc4c5cc(CC(C)C)ccc5ccc4c3c2-c2cc(C(C)(C)C)c3ccccc3c2C1(O)OC. The van der Waals surface area contributed by atoms with E-state index in [0.717, 1.165) is 67.0 Å². The van der Waals surface area contributed by atoms with E-state index in [1.54, 1.807) is 7.11 Å². The summed E-state index contributed by atoms with van der Waals surface area (Å²) in [5.74, 6) is -0.252. The van der Waals surface area contributed by atoms with E-state index < -0.39 is 11.3 Å². The Labute approximate surface area is 265 Å². The molecule has 5 nitrogen and oxygen atoms in total. The van der Waals surface area contributed by atoms with Crippen LogP contribution in [0.4, 0.5) is 0 Å². The summed E-state index contributed by atoms with van der Waals surface area (Å²) < 4.78 is 15.4. The molecule has 3 heterocycles. The van der Waals surface area contributed by atoms with Crippen LogP contribution in [0.3, 0.4) is 0 Å². The minimum atomic E-state index is -1.60. The molecule has 0 fully saturated rings. The summed E-state index contributed by atoms with van der Waals surface area (Å²) in [6.45, 7) is 17.6. The van der Waals surface area contributed by atoms with Gasteiger partial charge in [-0.1, -0.05) is 90.9 Å². The van der Waals surface area contributed by atoms with E-state index in [2.05, 4.69) is 114 Å². The number of aryl methyl sites for hydroxylation is 1. The number of benzene rings is 4. The molecule has 6 aromatic rings. The standard InChI is InChI=1S/C40H45N2O3/c1-10-39(11-2)40(43,44-9)34-28-15-13-12-14-27(28)32(38(6,7)8)22-31(34)35-33-29-19-18-26-17-16-25(20-23(3)4)21-30(26)36(29)45-37(33)41-24(5)42(35)39/h12-19,21-23,43H,10-11,20H2,1-9H3/q+1. The highest BCUT2D eigenvalue weighted by Gasteiger charge is 2.62. The summed E-state index contributed by atoms with van der Waals surface area (Å²) in [4.78, 5) is 5.13. The van der Waals surface area contributed by atoms with Gasteiger partial charge in [0.25, 0.3) is 0 Å². The number of fused-ring (bicyclic) bond motifs is 11. The van der Waals surface area contributed by atoms with Crippen molar-refractivity contribution >= 4 is 43.6 Å². The number of nitrogens with zero attached hydrogens (tertiary/aromatic N) is 2. The molecule has 0 amide bonds. The van der Waals surface area contributed by atoms with Gasteiger partial charge in [-0.15, -0.1) is 0 Å². The maximum Gasteiger partial charge on any atom is 0.346 e. The van der Waals surface area contributed by atoms with Gasteiger partial charge in [-0.25, -0.2) is 4.57 Å². The molecule has 7 rings (SSSR count). The monoisotopic (exact) mass is 601 g/mol. The van der Waals surface area contributed by atoms with Gasteiger partial charge in [-0.2, -0.15) is 0 Å². The van der Waals surface area contributed by atoms with E-state index >= 15 is 0 Å². The first-order chi connectivity index (χ1) is 21.4. The molecule has 0 saturated heterocycles. The predicted octanol–water partition coefficient (Wildman–Crippen LogP) is 9.37. The molecule has 1 aliphatic heterocycles. The minimum Gasteiger partial charge on any atom is -0.418 e. The lowest BCUT2D eigenvalue weighted by atomic mass is 9.70. The van der Waals surface area contributed by atoms with Crippen molar-refractivity contribution in [2.45, 2.75) is 91.4 Å². The summed E-state index contributed by atoms with van der Waals surface area (Å²) in [6.07, 6.45) is 2.30. The van der Waals surface area contributed by atoms with Crippen LogP contribution in [0.15, 0.2) is 65.1 Å². The molecule has 1 unspecified atom stereocenters. The topological polar surface area (TPSA) is 59.4 Å². The van der Waals surface area contributed by atoms with Gasteiger partial charge in [0, 0.05) is 35.9 Å². The second-order valence-electron chi connectivity index (χ2n) is 14.5. The Morgan fingerprint density at radius 1 is 0.933 bits per heavy atom. The van der Waals surface area contributed by atoms with Gasteiger partial charge in [-0.3, -0.25) is 0 Å². The number of hydrogen-bond acceptors (Lipinski definition) is 4. The van der Waals surface area contributed by atoms with Crippen LogP contribution in [0.2, 0.25) is 0 Å². The Hall–Kier alpha value is -3.80. The van der Waals surface area contributed by atoms with Gasteiger partial charge in [0.2, 0.25) is 5.79 Å². The Morgan fingerprint density at radius 3 is 2.27 bits per heavy atom. The summed E-state index contributed by atoms with van der Waals surface area (Å²) >= 11 is 0. The molecule has 232 valence electrons. The van der Waals surface area contributed by atoms with Crippen LogP contribution >= 0.6 is 0 Å². The highest BCUT2D eigenvalue weighted by Crippen LogP contribution is 2.54. The minimum absolute atomic E-state index is 0.141. The van der Waals surface area contributed by atoms with E-state index in [1.807, 2.05) is 6.92 Å².